The highest BCUT2D eigenvalue weighted by atomic mass is 32.2. The number of aryl methyl sites for hydroxylation is 1. The van der Waals surface area contributed by atoms with E-state index in [9.17, 15) is 8.42 Å². The van der Waals surface area contributed by atoms with E-state index in [1.54, 1.807) is 30.3 Å². The van der Waals surface area contributed by atoms with Gasteiger partial charge >= 0.3 is 7.12 Å². The molecule has 3 heterocycles. The summed E-state index contributed by atoms with van der Waals surface area (Å²) < 4.78 is 39.9. The molecular formula is C19H22BN3O4S. The van der Waals surface area contributed by atoms with E-state index in [2.05, 4.69) is 10.2 Å². The van der Waals surface area contributed by atoms with Crippen LogP contribution in [0.3, 0.4) is 0 Å². The quantitative estimate of drug-likeness (QED) is 0.629. The lowest BCUT2D eigenvalue weighted by Gasteiger charge is -2.32. The van der Waals surface area contributed by atoms with Crippen molar-refractivity contribution in [1.82, 2.24) is 14.2 Å². The number of nitrogens with zero attached hydrogens (tertiary/aromatic N) is 3. The van der Waals surface area contributed by atoms with Crippen LogP contribution in [0, 0.1) is 6.92 Å². The molecule has 0 saturated carbocycles. The highest BCUT2D eigenvalue weighted by molar-refractivity contribution is 7.90. The third-order valence-electron chi connectivity index (χ3n) is 5.56. The van der Waals surface area contributed by atoms with Gasteiger partial charge in [0.15, 0.2) is 5.65 Å². The minimum absolute atomic E-state index is 0.182. The average Bonchev–Trinajstić information content (AvgIpc) is 3.10. The van der Waals surface area contributed by atoms with E-state index in [1.807, 2.05) is 34.6 Å². The number of benzene rings is 1. The molecule has 0 aliphatic carbocycles. The summed E-state index contributed by atoms with van der Waals surface area (Å²) in [6.07, 6.45) is 3.05. The largest absolute Gasteiger partial charge is 0.497 e. The van der Waals surface area contributed by atoms with E-state index in [0.29, 0.717) is 10.8 Å². The smallest absolute Gasteiger partial charge is 0.399 e. The van der Waals surface area contributed by atoms with Crippen LogP contribution in [0.15, 0.2) is 47.6 Å². The monoisotopic (exact) mass is 399 g/mol. The van der Waals surface area contributed by atoms with Crippen molar-refractivity contribution in [2.45, 2.75) is 50.7 Å². The molecule has 28 heavy (non-hydrogen) atoms. The van der Waals surface area contributed by atoms with E-state index < -0.39 is 28.3 Å². The number of fused-ring (bicyclic) bond motifs is 1. The summed E-state index contributed by atoms with van der Waals surface area (Å²) in [6.45, 7) is 9.72. The average molecular weight is 399 g/mol. The van der Waals surface area contributed by atoms with E-state index in [4.69, 9.17) is 9.31 Å². The maximum Gasteiger partial charge on any atom is 0.497 e. The standard InChI is InChI=1S/C19H22BN3O4S/c1-13-6-8-14(9-7-13)28(24,25)23-12-16(15-10-11-21-22-17(15)23)20-26-18(2,3)19(4,5)27-20/h6-12H,1-5H3. The Bertz CT molecular complexity index is 1140. The van der Waals surface area contributed by atoms with Gasteiger partial charge in [-0.2, -0.15) is 5.10 Å². The van der Waals surface area contributed by atoms with Gasteiger partial charge in [-0.15, -0.1) is 5.10 Å². The summed E-state index contributed by atoms with van der Waals surface area (Å²) in [5.41, 5.74) is 0.756. The van der Waals surface area contributed by atoms with Gasteiger partial charge in [-0.1, -0.05) is 17.7 Å². The first kappa shape index (κ1) is 19.1. The first-order valence-electron chi connectivity index (χ1n) is 9.03. The molecule has 1 aromatic carbocycles. The summed E-state index contributed by atoms with van der Waals surface area (Å²) in [5.74, 6) is 0. The molecule has 0 bridgehead atoms. The number of hydrogen-bond acceptors (Lipinski definition) is 6. The molecule has 1 fully saturated rings. The van der Waals surface area contributed by atoms with Crippen LogP contribution in [-0.4, -0.2) is 40.9 Å². The molecule has 0 unspecified atom stereocenters. The van der Waals surface area contributed by atoms with Crippen LogP contribution in [0.4, 0.5) is 0 Å². The first-order chi connectivity index (χ1) is 13.0. The van der Waals surface area contributed by atoms with E-state index in [-0.39, 0.29) is 10.5 Å². The van der Waals surface area contributed by atoms with Gasteiger partial charge in [-0.05, 0) is 52.8 Å². The molecule has 2 aromatic heterocycles. The van der Waals surface area contributed by atoms with Gasteiger partial charge in [0.2, 0.25) is 0 Å². The van der Waals surface area contributed by atoms with Crippen LogP contribution in [0.2, 0.25) is 0 Å². The third-order valence-corrected chi connectivity index (χ3v) is 7.23. The van der Waals surface area contributed by atoms with Crippen molar-refractivity contribution < 1.29 is 17.7 Å². The van der Waals surface area contributed by atoms with E-state index >= 15 is 0 Å². The Morgan fingerprint density at radius 1 is 1.00 bits per heavy atom. The zero-order valence-corrected chi connectivity index (χ0v) is 17.3. The highest BCUT2D eigenvalue weighted by Gasteiger charge is 2.52. The minimum atomic E-state index is -3.85. The van der Waals surface area contributed by atoms with Crippen molar-refractivity contribution in [3.63, 3.8) is 0 Å². The lowest BCUT2D eigenvalue weighted by molar-refractivity contribution is 0.00578. The van der Waals surface area contributed by atoms with Gasteiger partial charge in [0.25, 0.3) is 10.0 Å². The molecular weight excluding hydrogens is 377 g/mol. The Morgan fingerprint density at radius 2 is 1.61 bits per heavy atom. The van der Waals surface area contributed by atoms with Crippen molar-refractivity contribution in [2.24, 2.45) is 0 Å². The fraction of sp³-hybridized carbons (Fsp3) is 0.368. The molecule has 9 heteroatoms. The summed E-state index contributed by atoms with van der Waals surface area (Å²) in [5, 5.41) is 8.58. The maximum atomic E-state index is 13.3. The Labute approximate surface area is 164 Å². The zero-order chi connectivity index (χ0) is 20.3. The van der Waals surface area contributed by atoms with Crippen molar-refractivity contribution in [3.05, 3.63) is 48.3 Å². The van der Waals surface area contributed by atoms with Gasteiger partial charge in [-0.25, -0.2) is 12.4 Å². The lowest BCUT2D eigenvalue weighted by Crippen LogP contribution is -2.41. The second-order valence-corrected chi connectivity index (χ2v) is 9.87. The van der Waals surface area contributed by atoms with Crippen LogP contribution in [0.1, 0.15) is 33.3 Å². The Hall–Kier alpha value is -2.23. The predicted octanol–water partition coefficient (Wildman–Crippen LogP) is 2.28. The normalized spacial score (nSPS) is 18.7. The van der Waals surface area contributed by atoms with Crippen LogP contribution < -0.4 is 5.46 Å². The van der Waals surface area contributed by atoms with Gasteiger partial charge in [0.05, 0.1) is 22.3 Å². The molecule has 3 aromatic rings. The SMILES string of the molecule is Cc1ccc(S(=O)(=O)n2cc(B3OC(C)(C)C(C)(C)O3)c3ccnnc32)cc1. The van der Waals surface area contributed by atoms with E-state index in [0.717, 1.165) is 9.54 Å². The second-order valence-electron chi connectivity index (χ2n) is 8.06. The summed E-state index contributed by atoms with van der Waals surface area (Å²) in [7, 11) is -4.55. The fourth-order valence-electron chi connectivity index (χ4n) is 3.13. The summed E-state index contributed by atoms with van der Waals surface area (Å²) in [6, 6.07) is 8.42. The second kappa shape index (κ2) is 6.14. The van der Waals surface area contributed by atoms with Crippen molar-refractivity contribution in [3.8, 4) is 0 Å². The molecule has 1 saturated heterocycles. The Morgan fingerprint density at radius 3 is 2.21 bits per heavy atom. The van der Waals surface area contributed by atoms with Gasteiger partial charge < -0.3 is 9.31 Å². The van der Waals surface area contributed by atoms with Crippen LogP contribution >= 0.6 is 0 Å². The molecule has 0 atom stereocenters. The molecule has 0 radical (unpaired) electrons. The van der Waals surface area contributed by atoms with Crippen molar-refractivity contribution in [2.75, 3.05) is 0 Å². The Balaban J connectivity index is 1.88. The molecule has 1 aliphatic rings. The maximum absolute atomic E-state index is 13.3. The predicted molar refractivity (Wildman–Crippen MR) is 107 cm³/mol. The molecule has 7 nitrogen and oxygen atoms in total. The molecule has 4 rings (SSSR count). The third kappa shape index (κ3) is 2.85. The van der Waals surface area contributed by atoms with Crippen LogP contribution in [0.25, 0.3) is 11.0 Å². The molecule has 0 spiro atoms. The van der Waals surface area contributed by atoms with Gasteiger partial charge in [0, 0.05) is 17.0 Å². The van der Waals surface area contributed by atoms with Gasteiger partial charge in [0.1, 0.15) is 0 Å². The van der Waals surface area contributed by atoms with Crippen LogP contribution in [-0.2, 0) is 19.3 Å². The molecule has 146 valence electrons. The minimum Gasteiger partial charge on any atom is -0.399 e. The number of rotatable bonds is 3. The van der Waals surface area contributed by atoms with Crippen LogP contribution in [0.5, 0.6) is 0 Å². The molecule has 1 aliphatic heterocycles. The number of aromatic nitrogens is 3. The zero-order valence-electron chi connectivity index (χ0n) is 16.5. The van der Waals surface area contributed by atoms with Crippen molar-refractivity contribution in [1.29, 1.82) is 0 Å². The fourth-order valence-corrected chi connectivity index (χ4v) is 4.46. The Kier molecular flexibility index (Phi) is 4.19. The lowest BCUT2D eigenvalue weighted by atomic mass is 9.79. The van der Waals surface area contributed by atoms with E-state index in [1.165, 1.54) is 12.4 Å². The molecule has 0 amide bonds. The van der Waals surface area contributed by atoms with Crippen molar-refractivity contribution >= 4 is 33.6 Å². The molecule has 0 N–H and O–H groups in total. The first-order valence-corrected chi connectivity index (χ1v) is 10.5. The summed E-state index contributed by atoms with van der Waals surface area (Å²) in [4.78, 5) is 0.182. The topological polar surface area (TPSA) is 83.3 Å². The highest BCUT2D eigenvalue weighted by Crippen LogP contribution is 2.37. The van der Waals surface area contributed by atoms with Gasteiger partial charge in [-0.3, -0.25) is 0 Å². The number of hydrogen-bond donors (Lipinski definition) is 0. The summed E-state index contributed by atoms with van der Waals surface area (Å²) >= 11 is 0.